The summed E-state index contributed by atoms with van der Waals surface area (Å²) in [6, 6.07) is 0.370. The number of rotatable bonds is 1. The molecular weight excluding hydrogens is 142 g/mol. The van der Waals surface area contributed by atoms with Crippen molar-refractivity contribution in [3.63, 3.8) is 0 Å². The number of nitrogens with zero attached hydrogens (tertiary/aromatic N) is 2. The molecule has 4 nitrogen and oxygen atoms in total. The van der Waals surface area contributed by atoms with E-state index in [1.807, 2.05) is 0 Å². The molecule has 0 amide bonds. The summed E-state index contributed by atoms with van der Waals surface area (Å²) in [5.74, 6) is 0. The van der Waals surface area contributed by atoms with E-state index in [1.54, 1.807) is 6.26 Å². The van der Waals surface area contributed by atoms with E-state index < -0.39 is 0 Å². The van der Waals surface area contributed by atoms with Gasteiger partial charge < -0.3 is 9.84 Å². The number of hydrogen-bond donors (Lipinski definition) is 1. The zero-order valence-corrected chi connectivity index (χ0v) is 6.29. The van der Waals surface area contributed by atoms with Crippen LogP contribution in [0.2, 0.25) is 0 Å². The summed E-state index contributed by atoms with van der Waals surface area (Å²) in [7, 11) is 0. The maximum atomic E-state index is 4.67. The van der Waals surface area contributed by atoms with Gasteiger partial charge in [0.05, 0.1) is 6.04 Å². The zero-order chi connectivity index (χ0) is 7.52. The van der Waals surface area contributed by atoms with Crippen LogP contribution in [-0.4, -0.2) is 16.9 Å². The van der Waals surface area contributed by atoms with Crippen molar-refractivity contribution in [2.45, 2.75) is 25.3 Å². The first kappa shape index (κ1) is 6.79. The fraction of sp³-hybridized carbons (Fsp3) is 0.714. The van der Waals surface area contributed by atoms with E-state index in [9.17, 15) is 0 Å². The number of piperidine rings is 1. The smallest absolute Gasteiger partial charge is 0.149 e. The highest BCUT2D eigenvalue weighted by Gasteiger charge is 2.16. The summed E-state index contributed by atoms with van der Waals surface area (Å²) in [6.45, 7) is 1.08. The highest BCUT2D eigenvalue weighted by molar-refractivity contribution is 4.98. The summed E-state index contributed by atoms with van der Waals surface area (Å²) in [4.78, 5) is 0. The second-order valence-corrected chi connectivity index (χ2v) is 2.83. The molecule has 1 N–H and O–H groups in total. The molecule has 11 heavy (non-hydrogen) atoms. The molecule has 1 fully saturated rings. The van der Waals surface area contributed by atoms with Crippen LogP contribution < -0.4 is 5.32 Å². The largest absolute Gasteiger partial charge is 0.345 e. The summed E-state index contributed by atoms with van der Waals surface area (Å²) >= 11 is 0. The molecule has 1 unspecified atom stereocenters. The standard InChI is InChI=1S/C7H11N3O/c1-2-4-8-6(3-1)7-5-11-10-9-7/h5-6,8H,1-4H2. The Bertz CT molecular complexity index is 203. The van der Waals surface area contributed by atoms with Crippen LogP contribution in [0.25, 0.3) is 0 Å². The third kappa shape index (κ3) is 1.40. The van der Waals surface area contributed by atoms with Gasteiger partial charge in [-0.05, 0) is 19.4 Å². The SMILES string of the molecule is c1onnc1C1CCCCN1. The fourth-order valence-electron chi connectivity index (χ4n) is 1.43. The van der Waals surface area contributed by atoms with Gasteiger partial charge in [-0.1, -0.05) is 6.42 Å². The number of nitrogens with one attached hydrogen (secondary N) is 1. The Balaban J connectivity index is 2.04. The quantitative estimate of drug-likeness (QED) is 0.650. The average Bonchev–Trinajstić information content (AvgIpc) is 2.58. The Morgan fingerprint density at radius 2 is 2.55 bits per heavy atom. The summed E-state index contributed by atoms with van der Waals surface area (Å²) in [5, 5.41) is 10.7. The molecular formula is C7H11N3O. The molecule has 1 aromatic heterocycles. The summed E-state index contributed by atoms with van der Waals surface area (Å²) < 4.78 is 4.67. The minimum absolute atomic E-state index is 0.370. The molecule has 1 aliphatic heterocycles. The topological polar surface area (TPSA) is 51.0 Å². The van der Waals surface area contributed by atoms with Crippen LogP contribution in [0, 0.1) is 0 Å². The molecule has 0 bridgehead atoms. The van der Waals surface area contributed by atoms with Crippen molar-refractivity contribution in [1.82, 2.24) is 15.7 Å². The first-order chi connectivity index (χ1) is 5.47. The monoisotopic (exact) mass is 153 g/mol. The predicted octanol–water partition coefficient (Wildman–Crippen LogP) is 0.884. The lowest BCUT2D eigenvalue weighted by Gasteiger charge is -2.20. The van der Waals surface area contributed by atoms with E-state index in [1.165, 1.54) is 12.8 Å². The highest BCUT2D eigenvalue weighted by atomic mass is 16.5. The molecule has 1 aromatic rings. The first-order valence-corrected chi connectivity index (χ1v) is 3.97. The third-order valence-electron chi connectivity index (χ3n) is 2.04. The second kappa shape index (κ2) is 3.00. The van der Waals surface area contributed by atoms with Crippen LogP contribution >= 0.6 is 0 Å². The van der Waals surface area contributed by atoms with E-state index in [0.717, 1.165) is 18.7 Å². The summed E-state index contributed by atoms with van der Waals surface area (Å²) in [6.07, 6.45) is 5.30. The molecule has 0 aliphatic carbocycles. The van der Waals surface area contributed by atoms with Crippen molar-refractivity contribution < 1.29 is 4.52 Å². The van der Waals surface area contributed by atoms with Crippen molar-refractivity contribution in [2.75, 3.05) is 6.54 Å². The highest BCUT2D eigenvalue weighted by Crippen LogP contribution is 2.19. The Hall–Kier alpha value is -0.900. The van der Waals surface area contributed by atoms with Gasteiger partial charge in [0.15, 0.2) is 0 Å². The van der Waals surface area contributed by atoms with Crippen LogP contribution in [0.4, 0.5) is 0 Å². The van der Waals surface area contributed by atoms with Crippen molar-refractivity contribution in [1.29, 1.82) is 0 Å². The first-order valence-electron chi connectivity index (χ1n) is 3.97. The van der Waals surface area contributed by atoms with Gasteiger partial charge in [0.25, 0.3) is 0 Å². The summed E-state index contributed by atoms with van der Waals surface area (Å²) in [5.41, 5.74) is 0.935. The molecule has 2 rings (SSSR count). The number of hydrogen-bond acceptors (Lipinski definition) is 4. The Morgan fingerprint density at radius 1 is 1.55 bits per heavy atom. The predicted molar refractivity (Wildman–Crippen MR) is 38.9 cm³/mol. The van der Waals surface area contributed by atoms with Gasteiger partial charge in [-0.3, -0.25) is 0 Å². The van der Waals surface area contributed by atoms with Gasteiger partial charge in [0.2, 0.25) is 0 Å². The minimum Gasteiger partial charge on any atom is -0.345 e. The Kier molecular flexibility index (Phi) is 1.85. The molecule has 60 valence electrons. The normalized spacial score (nSPS) is 25.3. The third-order valence-corrected chi connectivity index (χ3v) is 2.04. The molecule has 0 aromatic carbocycles. The van der Waals surface area contributed by atoms with Crippen LogP contribution in [0.3, 0.4) is 0 Å². The maximum Gasteiger partial charge on any atom is 0.149 e. The Morgan fingerprint density at radius 3 is 3.18 bits per heavy atom. The van der Waals surface area contributed by atoms with Crippen LogP contribution in [-0.2, 0) is 0 Å². The van der Waals surface area contributed by atoms with Crippen LogP contribution in [0.15, 0.2) is 10.8 Å². The second-order valence-electron chi connectivity index (χ2n) is 2.83. The lowest BCUT2D eigenvalue weighted by atomic mass is 10.0. The number of aromatic nitrogens is 2. The molecule has 2 heterocycles. The molecule has 0 spiro atoms. The molecule has 1 atom stereocenters. The molecule has 1 aliphatic rings. The van der Waals surface area contributed by atoms with Gasteiger partial charge in [-0.2, -0.15) is 0 Å². The van der Waals surface area contributed by atoms with Gasteiger partial charge in [0, 0.05) is 5.27 Å². The molecule has 4 heteroatoms. The van der Waals surface area contributed by atoms with E-state index in [-0.39, 0.29) is 0 Å². The van der Waals surface area contributed by atoms with E-state index in [4.69, 9.17) is 0 Å². The van der Waals surface area contributed by atoms with Gasteiger partial charge in [-0.25, -0.2) is 0 Å². The van der Waals surface area contributed by atoms with Crippen molar-refractivity contribution >= 4 is 0 Å². The lowest BCUT2D eigenvalue weighted by Crippen LogP contribution is -2.26. The van der Waals surface area contributed by atoms with Gasteiger partial charge in [0.1, 0.15) is 12.0 Å². The lowest BCUT2D eigenvalue weighted by molar-refractivity contribution is 0.392. The Labute approximate surface area is 65.0 Å². The van der Waals surface area contributed by atoms with Gasteiger partial charge in [-0.15, -0.1) is 5.10 Å². The van der Waals surface area contributed by atoms with Crippen LogP contribution in [0.5, 0.6) is 0 Å². The molecule has 0 saturated carbocycles. The fourth-order valence-corrected chi connectivity index (χ4v) is 1.43. The zero-order valence-electron chi connectivity index (χ0n) is 6.29. The average molecular weight is 153 g/mol. The van der Waals surface area contributed by atoms with E-state index >= 15 is 0 Å². The molecule has 1 saturated heterocycles. The van der Waals surface area contributed by atoms with Crippen molar-refractivity contribution in [3.05, 3.63) is 12.0 Å². The minimum atomic E-state index is 0.370. The molecule has 0 radical (unpaired) electrons. The van der Waals surface area contributed by atoms with E-state index in [0.29, 0.717) is 6.04 Å². The van der Waals surface area contributed by atoms with E-state index in [2.05, 4.69) is 20.2 Å². The maximum absolute atomic E-state index is 4.67. The van der Waals surface area contributed by atoms with Gasteiger partial charge >= 0.3 is 0 Å². The van der Waals surface area contributed by atoms with Crippen molar-refractivity contribution in [3.8, 4) is 0 Å². The van der Waals surface area contributed by atoms with Crippen LogP contribution in [0.1, 0.15) is 31.0 Å². The van der Waals surface area contributed by atoms with Crippen molar-refractivity contribution in [2.24, 2.45) is 0 Å².